The summed E-state index contributed by atoms with van der Waals surface area (Å²) in [6.45, 7) is 8.84. The van der Waals surface area contributed by atoms with Crippen molar-refractivity contribution in [3.05, 3.63) is 59.6 Å². The number of fused-ring (bicyclic) bond motifs is 1. The Labute approximate surface area is 170 Å². The van der Waals surface area contributed by atoms with Gasteiger partial charge >= 0.3 is 0 Å². The molecule has 1 amide bonds. The van der Waals surface area contributed by atoms with Crippen LogP contribution >= 0.6 is 0 Å². The minimum absolute atomic E-state index is 0.0536. The maximum absolute atomic E-state index is 12.8. The van der Waals surface area contributed by atoms with E-state index in [9.17, 15) is 4.79 Å². The highest BCUT2D eigenvalue weighted by atomic mass is 16.5. The Balaban J connectivity index is 1.94. The number of nitrogens with zero attached hydrogens (tertiary/aromatic N) is 3. The quantitative estimate of drug-likeness (QED) is 0.503. The molecule has 2 aromatic heterocycles. The molecule has 0 radical (unpaired) electrons. The summed E-state index contributed by atoms with van der Waals surface area (Å²) in [7, 11) is 3.18. The summed E-state index contributed by atoms with van der Waals surface area (Å²) >= 11 is 0. The molecule has 0 fully saturated rings. The summed E-state index contributed by atoms with van der Waals surface area (Å²) in [5.74, 6) is 0.859. The normalized spacial score (nSPS) is 13.4. The Morgan fingerprint density at radius 2 is 2.10 bits per heavy atom. The van der Waals surface area contributed by atoms with Crippen LogP contribution in [0.5, 0.6) is 11.6 Å². The lowest BCUT2D eigenvalue weighted by molar-refractivity contribution is 0.0830. The number of hydrogen-bond donors (Lipinski definition) is 0. The van der Waals surface area contributed by atoms with Crippen molar-refractivity contribution < 1.29 is 19.0 Å². The number of allylic oxidation sites excluding steroid dienone is 2. The summed E-state index contributed by atoms with van der Waals surface area (Å²) in [6, 6.07) is 3.73. The topological polar surface area (TPSA) is 73.8 Å². The Bertz CT molecular complexity index is 969. The molecule has 29 heavy (non-hydrogen) atoms. The lowest BCUT2D eigenvalue weighted by Crippen LogP contribution is -2.22. The van der Waals surface area contributed by atoms with Gasteiger partial charge in [-0.3, -0.25) is 9.78 Å². The third-order valence-electron chi connectivity index (χ3n) is 4.74. The predicted molar refractivity (Wildman–Crippen MR) is 110 cm³/mol. The summed E-state index contributed by atoms with van der Waals surface area (Å²) in [5.41, 5.74) is 4.55. The first-order chi connectivity index (χ1) is 14.0. The number of hydrogen-bond acceptors (Lipinski definition) is 6. The van der Waals surface area contributed by atoms with Gasteiger partial charge in [-0.25, -0.2) is 4.98 Å². The maximum Gasteiger partial charge on any atom is 0.260 e. The van der Waals surface area contributed by atoms with Crippen molar-refractivity contribution in [1.82, 2.24) is 14.9 Å². The van der Waals surface area contributed by atoms with Crippen LogP contribution in [-0.4, -0.2) is 48.2 Å². The molecule has 0 saturated carbocycles. The monoisotopic (exact) mass is 395 g/mol. The van der Waals surface area contributed by atoms with Gasteiger partial charge in [0.05, 0.1) is 37.2 Å². The number of carbonyl (C=O) groups excluding carboxylic acids is 1. The van der Waals surface area contributed by atoms with Gasteiger partial charge in [-0.15, -0.1) is 0 Å². The molecule has 0 N–H and O–H groups in total. The van der Waals surface area contributed by atoms with Crippen molar-refractivity contribution in [1.29, 1.82) is 0 Å². The molecule has 1 aliphatic heterocycles. The molecule has 0 bridgehead atoms. The molecule has 3 rings (SSSR count). The molecular formula is C22H25N3O4. The molecule has 0 unspecified atom stereocenters. The lowest BCUT2D eigenvalue weighted by atomic mass is 10.0. The van der Waals surface area contributed by atoms with Gasteiger partial charge in [0.15, 0.2) is 5.75 Å². The van der Waals surface area contributed by atoms with Gasteiger partial charge in [-0.2, -0.15) is 0 Å². The Morgan fingerprint density at radius 1 is 1.31 bits per heavy atom. The molecule has 0 atom stereocenters. The van der Waals surface area contributed by atoms with Crippen molar-refractivity contribution in [2.45, 2.75) is 20.4 Å². The lowest BCUT2D eigenvalue weighted by Gasteiger charge is -2.15. The van der Waals surface area contributed by atoms with E-state index < -0.39 is 0 Å². The molecule has 7 nitrogen and oxygen atoms in total. The number of methoxy groups -OCH3 is 2. The SMILES string of the molecule is C=C/C(=C\C)N1Cc2nc(-c3cnc(OCCOC)c(OC)c3)cc(C)c2C1=O. The number of rotatable bonds is 8. The Kier molecular flexibility index (Phi) is 6.29. The standard InChI is InChI=1S/C22H25N3O4/c1-6-16(7-2)25-13-18-20(22(25)26)14(3)10-17(24-18)15-11-19(28-5)21(23-12-15)29-9-8-27-4/h6-7,10-12H,1,8-9,13H2,2-5H3/b16-7+. The van der Waals surface area contributed by atoms with Crippen LogP contribution in [0, 0.1) is 6.92 Å². The van der Waals surface area contributed by atoms with E-state index in [2.05, 4.69) is 11.6 Å². The molecule has 7 heteroatoms. The van der Waals surface area contributed by atoms with Crippen molar-refractivity contribution in [2.24, 2.45) is 0 Å². The molecule has 0 aromatic carbocycles. The van der Waals surface area contributed by atoms with Gasteiger partial charge in [-0.05, 0) is 37.6 Å². The van der Waals surface area contributed by atoms with Gasteiger partial charge in [0.25, 0.3) is 11.8 Å². The van der Waals surface area contributed by atoms with Gasteiger partial charge in [0.2, 0.25) is 0 Å². The molecule has 1 aliphatic rings. The molecular weight excluding hydrogens is 370 g/mol. The van der Waals surface area contributed by atoms with Gasteiger partial charge in [0.1, 0.15) is 6.61 Å². The molecule has 0 aliphatic carbocycles. The minimum Gasteiger partial charge on any atom is -0.491 e. The molecule has 2 aromatic rings. The van der Waals surface area contributed by atoms with E-state index in [0.29, 0.717) is 37.0 Å². The second kappa shape index (κ2) is 8.87. The summed E-state index contributed by atoms with van der Waals surface area (Å²) in [4.78, 5) is 23.6. The van der Waals surface area contributed by atoms with Crippen LogP contribution in [0.25, 0.3) is 11.3 Å². The van der Waals surface area contributed by atoms with Crippen LogP contribution in [0.2, 0.25) is 0 Å². The van der Waals surface area contributed by atoms with E-state index in [1.165, 1.54) is 0 Å². The molecule has 0 saturated heterocycles. The van der Waals surface area contributed by atoms with Crippen molar-refractivity contribution in [2.75, 3.05) is 27.4 Å². The first kappa shape index (κ1) is 20.5. The third kappa shape index (κ3) is 4.00. The average Bonchev–Trinajstić information content (AvgIpc) is 3.06. The van der Waals surface area contributed by atoms with E-state index in [0.717, 1.165) is 28.2 Å². The molecule has 0 spiro atoms. The number of aromatic nitrogens is 2. The van der Waals surface area contributed by atoms with Gasteiger partial charge < -0.3 is 19.1 Å². The van der Waals surface area contributed by atoms with Crippen LogP contribution in [0.3, 0.4) is 0 Å². The van der Waals surface area contributed by atoms with Gasteiger partial charge in [-0.1, -0.05) is 12.7 Å². The van der Waals surface area contributed by atoms with Crippen LogP contribution < -0.4 is 9.47 Å². The third-order valence-corrected chi connectivity index (χ3v) is 4.74. The first-order valence-electron chi connectivity index (χ1n) is 9.31. The highest BCUT2D eigenvalue weighted by Crippen LogP contribution is 2.33. The summed E-state index contributed by atoms with van der Waals surface area (Å²) < 4.78 is 16.0. The second-order valence-electron chi connectivity index (χ2n) is 6.53. The maximum atomic E-state index is 12.8. The highest BCUT2D eigenvalue weighted by molar-refractivity contribution is 6.00. The zero-order chi connectivity index (χ0) is 21.0. The average molecular weight is 395 g/mol. The smallest absolute Gasteiger partial charge is 0.260 e. The zero-order valence-corrected chi connectivity index (χ0v) is 17.2. The molecule has 152 valence electrons. The second-order valence-corrected chi connectivity index (χ2v) is 6.53. The predicted octanol–water partition coefficient (Wildman–Crippen LogP) is 3.53. The Morgan fingerprint density at radius 3 is 2.76 bits per heavy atom. The highest BCUT2D eigenvalue weighted by Gasteiger charge is 2.32. The number of carbonyl (C=O) groups is 1. The van der Waals surface area contributed by atoms with E-state index in [1.54, 1.807) is 31.4 Å². The van der Waals surface area contributed by atoms with Crippen molar-refractivity contribution in [3.8, 4) is 22.9 Å². The Hall–Kier alpha value is -3.19. The fourth-order valence-electron chi connectivity index (χ4n) is 3.29. The van der Waals surface area contributed by atoms with Crippen LogP contribution in [0.15, 0.2) is 42.8 Å². The van der Waals surface area contributed by atoms with E-state index >= 15 is 0 Å². The zero-order valence-electron chi connectivity index (χ0n) is 17.2. The van der Waals surface area contributed by atoms with Crippen LogP contribution in [0.1, 0.15) is 28.5 Å². The van der Waals surface area contributed by atoms with Crippen molar-refractivity contribution in [3.63, 3.8) is 0 Å². The largest absolute Gasteiger partial charge is 0.491 e. The van der Waals surface area contributed by atoms with Crippen LogP contribution in [0.4, 0.5) is 0 Å². The van der Waals surface area contributed by atoms with Gasteiger partial charge in [0, 0.05) is 24.6 Å². The number of ether oxygens (including phenoxy) is 3. The van der Waals surface area contributed by atoms with E-state index in [4.69, 9.17) is 19.2 Å². The number of amides is 1. The fourth-order valence-corrected chi connectivity index (χ4v) is 3.29. The van der Waals surface area contributed by atoms with E-state index in [1.807, 2.05) is 32.1 Å². The van der Waals surface area contributed by atoms with Crippen molar-refractivity contribution >= 4 is 5.91 Å². The van der Waals surface area contributed by atoms with E-state index in [-0.39, 0.29) is 5.91 Å². The number of pyridine rings is 2. The minimum atomic E-state index is -0.0536. The summed E-state index contributed by atoms with van der Waals surface area (Å²) in [5, 5.41) is 0. The summed E-state index contributed by atoms with van der Waals surface area (Å²) in [6.07, 6.45) is 5.23. The fraction of sp³-hybridized carbons (Fsp3) is 0.318. The van der Waals surface area contributed by atoms with Crippen LogP contribution in [-0.2, 0) is 11.3 Å². The molecule has 3 heterocycles. The first-order valence-corrected chi connectivity index (χ1v) is 9.31. The number of aryl methyl sites for hydroxylation is 1.